The van der Waals surface area contributed by atoms with Crippen LogP contribution in [0.5, 0.6) is 0 Å². The fourth-order valence-electron chi connectivity index (χ4n) is 3.74. The summed E-state index contributed by atoms with van der Waals surface area (Å²) in [5, 5.41) is 11.8. The van der Waals surface area contributed by atoms with E-state index in [1.807, 2.05) is 36.4 Å². The maximum Gasteiger partial charge on any atom is 0.324 e. The molecule has 4 rings (SSSR count). The maximum absolute atomic E-state index is 13.1. The van der Waals surface area contributed by atoms with Gasteiger partial charge >= 0.3 is 6.03 Å². The lowest BCUT2D eigenvalue weighted by Gasteiger charge is -2.37. The monoisotopic (exact) mass is 374 g/mol. The zero-order valence-corrected chi connectivity index (χ0v) is 15.0. The second kappa shape index (κ2) is 7.16. The van der Waals surface area contributed by atoms with E-state index in [2.05, 4.69) is 5.32 Å². The van der Waals surface area contributed by atoms with E-state index in [1.165, 1.54) is 9.80 Å². The number of nitriles is 1. The van der Waals surface area contributed by atoms with Crippen LogP contribution in [0.1, 0.15) is 27.9 Å². The standard InChI is InChI=1S/C21H18N4O3/c22-12-14-6-8-16(9-7-14)19(26)24-11-10-17-18(24)20(27)25(21(28)23-17)13-15-4-2-1-3-5-15/h1-9,17-18H,10-11,13H2,(H,23,28)/t17-,18-/m1/s1. The molecule has 7 heteroatoms. The average molecular weight is 374 g/mol. The van der Waals surface area contributed by atoms with Crippen LogP contribution in [-0.4, -0.2) is 46.3 Å². The van der Waals surface area contributed by atoms with E-state index in [0.717, 1.165) is 5.56 Å². The number of likely N-dealkylation sites (tertiary alicyclic amines) is 1. The van der Waals surface area contributed by atoms with Crippen LogP contribution in [0.3, 0.4) is 0 Å². The van der Waals surface area contributed by atoms with E-state index < -0.39 is 12.1 Å². The fraction of sp³-hybridized carbons (Fsp3) is 0.238. The Hall–Kier alpha value is -3.66. The molecule has 0 unspecified atom stereocenters. The van der Waals surface area contributed by atoms with Crippen molar-refractivity contribution in [3.63, 3.8) is 0 Å². The highest BCUT2D eigenvalue weighted by Gasteiger charge is 2.49. The Balaban J connectivity index is 1.57. The van der Waals surface area contributed by atoms with Gasteiger partial charge in [-0.3, -0.25) is 14.5 Å². The lowest BCUT2D eigenvalue weighted by atomic mass is 10.0. The Kier molecular flexibility index (Phi) is 4.53. The molecule has 2 aromatic rings. The number of carbonyl (C=O) groups excluding carboxylic acids is 3. The van der Waals surface area contributed by atoms with Crippen molar-refractivity contribution in [1.82, 2.24) is 15.1 Å². The number of hydrogen-bond donors (Lipinski definition) is 1. The summed E-state index contributed by atoms with van der Waals surface area (Å²) in [6.07, 6.45) is 0.531. The molecule has 0 aliphatic carbocycles. The van der Waals surface area contributed by atoms with Gasteiger partial charge in [-0.05, 0) is 36.2 Å². The normalized spacial score (nSPS) is 21.1. The quantitative estimate of drug-likeness (QED) is 0.888. The Morgan fingerprint density at radius 3 is 2.50 bits per heavy atom. The summed E-state index contributed by atoms with van der Waals surface area (Å²) in [5.74, 6) is -0.641. The van der Waals surface area contributed by atoms with Gasteiger partial charge in [0.15, 0.2) is 0 Å². The number of urea groups is 1. The average Bonchev–Trinajstić information content (AvgIpc) is 3.15. The molecule has 140 valence electrons. The van der Waals surface area contributed by atoms with Crippen LogP contribution in [-0.2, 0) is 11.3 Å². The van der Waals surface area contributed by atoms with Gasteiger partial charge in [0.1, 0.15) is 6.04 Å². The number of imide groups is 1. The van der Waals surface area contributed by atoms with Crippen molar-refractivity contribution in [3.8, 4) is 6.07 Å². The smallest absolute Gasteiger partial charge is 0.324 e. The van der Waals surface area contributed by atoms with E-state index in [9.17, 15) is 14.4 Å². The second-order valence-corrected chi connectivity index (χ2v) is 6.89. The minimum Gasteiger partial charge on any atom is -0.332 e. The Bertz CT molecular complexity index is 965. The van der Waals surface area contributed by atoms with Crippen LogP contribution in [0.15, 0.2) is 54.6 Å². The van der Waals surface area contributed by atoms with E-state index in [0.29, 0.717) is 24.1 Å². The number of carbonyl (C=O) groups is 3. The largest absolute Gasteiger partial charge is 0.332 e. The van der Waals surface area contributed by atoms with Crippen LogP contribution in [0, 0.1) is 11.3 Å². The number of nitrogens with zero attached hydrogens (tertiary/aromatic N) is 3. The SMILES string of the molecule is N#Cc1ccc(C(=O)N2CC[C@H]3NC(=O)N(Cc4ccccc4)C(=O)[C@@H]32)cc1. The van der Waals surface area contributed by atoms with Crippen molar-refractivity contribution in [3.05, 3.63) is 71.3 Å². The molecule has 28 heavy (non-hydrogen) atoms. The van der Waals surface area contributed by atoms with Crippen molar-refractivity contribution in [2.75, 3.05) is 6.54 Å². The number of nitrogens with one attached hydrogen (secondary N) is 1. The minimum atomic E-state index is -0.718. The van der Waals surface area contributed by atoms with Crippen molar-refractivity contribution in [2.45, 2.75) is 25.0 Å². The number of fused-ring (bicyclic) bond motifs is 1. The van der Waals surface area contributed by atoms with Gasteiger partial charge in [-0.2, -0.15) is 5.26 Å². The Labute approximate surface area is 162 Å². The highest BCUT2D eigenvalue weighted by molar-refractivity contribution is 6.04. The lowest BCUT2D eigenvalue weighted by Crippen LogP contribution is -2.64. The molecule has 2 saturated heterocycles. The van der Waals surface area contributed by atoms with Crippen LogP contribution >= 0.6 is 0 Å². The van der Waals surface area contributed by atoms with Gasteiger partial charge in [0.25, 0.3) is 11.8 Å². The third kappa shape index (κ3) is 3.09. The topological polar surface area (TPSA) is 93.5 Å². The summed E-state index contributed by atoms with van der Waals surface area (Å²) >= 11 is 0. The van der Waals surface area contributed by atoms with E-state index in [4.69, 9.17) is 5.26 Å². The summed E-state index contributed by atoms with van der Waals surface area (Å²) in [5.41, 5.74) is 1.72. The van der Waals surface area contributed by atoms with Gasteiger partial charge < -0.3 is 10.2 Å². The molecular formula is C21H18N4O3. The first-order chi connectivity index (χ1) is 13.6. The first-order valence-electron chi connectivity index (χ1n) is 9.05. The molecule has 2 heterocycles. The Morgan fingerprint density at radius 1 is 1.11 bits per heavy atom. The molecule has 1 N–H and O–H groups in total. The third-order valence-electron chi connectivity index (χ3n) is 5.18. The number of hydrogen-bond acceptors (Lipinski definition) is 4. The summed E-state index contributed by atoms with van der Waals surface area (Å²) in [6, 6.07) is 16.1. The molecule has 7 nitrogen and oxygen atoms in total. The molecule has 2 atom stereocenters. The molecule has 0 aromatic heterocycles. The van der Waals surface area contributed by atoms with E-state index >= 15 is 0 Å². The second-order valence-electron chi connectivity index (χ2n) is 6.89. The molecule has 2 aliphatic rings. The number of rotatable bonds is 3. The van der Waals surface area contributed by atoms with Crippen molar-refractivity contribution < 1.29 is 14.4 Å². The molecule has 4 amide bonds. The molecular weight excluding hydrogens is 356 g/mol. The molecule has 0 radical (unpaired) electrons. The first kappa shape index (κ1) is 17.7. The first-order valence-corrected chi connectivity index (χ1v) is 9.05. The van der Waals surface area contributed by atoms with Gasteiger partial charge in [0, 0.05) is 12.1 Å². The predicted molar refractivity (Wildman–Crippen MR) is 99.9 cm³/mol. The lowest BCUT2D eigenvalue weighted by molar-refractivity contribution is -0.134. The van der Waals surface area contributed by atoms with Gasteiger partial charge in [-0.25, -0.2) is 4.79 Å². The van der Waals surface area contributed by atoms with Gasteiger partial charge in [0.2, 0.25) is 0 Å². The molecule has 0 spiro atoms. The predicted octanol–water partition coefficient (Wildman–Crippen LogP) is 1.89. The number of amides is 4. The Morgan fingerprint density at radius 2 is 1.82 bits per heavy atom. The maximum atomic E-state index is 13.1. The molecule has 0 saturated carbocycles. The van der Waals surface area contributed by atoms with E-state index in [1.54, 1.807) is 24.3 Å². The van der Waals surface area contributed by atoms with Crippen molar-refractivity contribution >= 4 is 17.8 Å². The fourth-order valence-corrected chi connectivity index (χ4v) is 3.74. The highest BCUT2D eigenvalue weighted by Crippen LogP contribution is 2.27. The van der Waals surface area contributed by atoms with Crippen LogP contribution in [0.2, 0.25) is 0 Å². The summed E-state index contributed by atoms with van der Waals surface area (Å²) in [7, 11) is 0. The summed E-state index contributed by atoms with van der Waals surface area (Å²) in [4.78, 5) is 41.2. The third-order valence-corrected chi connectivity index (χ3v) is 5.18. The highest BCUT2D eigenvalue weighted by atomic mass is 16.2. The van der Waals surface area contributed by atoms with Gasteiger partial charge in [-0.1, -0.05) is 30.3 Å². The molecule has 0 bridgehead atoms. The summed E-state index contributed by atoms with van der Waals surface area (Å²) < 4.78 is 0. The van der Waals surface area contributed by atoms with Crippen LogP contribution < -0.4 is 5.32 Å². The van der Waals surface area contributed by atoms with Crippen LogP contribution in [0.4, 0.5) is 4.79 Å². The zero-order valence-electron chi connectivity index (χ0n) is 15.0. The molecule has 2 aliphatic heterocycles. The molecule has 2 aromatic carbocycles. The van der Waals surface area contributed by atoms with Crippen molar-refractivity contribution in [1.29, 1.82) is 5.26 Å². The van der Waals surface area contributed by atoms with Gasteiger partial charge in [-0.15, -0.1) is 0 Å². The summed E-state index contributed by atoms with van der Waals surface area (Å²) in [6.45, 7) is 0.549. The molecule has 2 fully saturated rings. The van der Waals surface area contributed by atoms with Crippen molar-refractivity contribution in [2.24, 2.45) is 0 Å². The van der Waals surface area contributed by atoms with E-state index in [-0.39, 0.29) is 24.4 Å². The minimum absolute atomic E-state index is 0.160. The zero-order chi connectivity index (χ0) is 19.7. The van der Waals surface area contributed by atoms with Gasteiger partial charge in [0.05, 0.1) is 24.2 Å². The van der Waals surface area contributed by atoms with Crippen LogP contribution in [0.25, 0.3) is 0 Å². The number of benzene rings is 2.